The molecule has 7 nitrogen and oxygen atoms in total. The Morgan fingerprint density at radius 3 is 2.64 bits per heavy atom. The zero-order valence-electron chi connectivity index (χ0n) is 13.5. The molecule has 0 aromatic heterocycles. The van der Waals surface area contributed by atoms with Crippen LogP contribution in [0.15, 0.2) is 18.2 Å². The molecule has 22 heavy (non-hydrogen) atoms. The van der Waals surface area contributed by atoms with Crippen LogP contribution in [0.5, 0.6) is 11.5 Å². The molecular formula is C15H26N3O4+. The second-order valence-corrected chi connectivity index (χ2v) is 5.13. The number of quaternary nitrogens is 1. The van der Waals surface area contributed by atoms with Crippen molar-refractivity contribution < 1.29 is 25.4 Å². The van der Waals surface area contributed by atoms with E-state index >= 15 is 0 Å². The largest absolute Gasteiger partial charge is 0.493 e. The van der Waals surface area contributed by atoms with Gasteiger partial charge in [0.25, 0.3) is 0 Å². The molecule has 1 aliphatic heterocycles. The molecular weight excluding hydrogens is 286 g/mol. The predicted molar refractivity (Wildman–Crippen MR) is 82.2 cm³/mol. The number of nitrogens with one attached hydrogen (secondary N) is 1. The van der Waals surface area contributed by atoms with Crippen molar-refractivity contribution in [3.05, 3.63) is 23.8 Å². The lowest BCUT2D eigenvalue weighted by Gasteiger charge is -2.16. The lowest BCUT2D eigenvalue weighted by Crippen LogP contribution is -2.42. The van der Waals surface area contributed by atoms with Gasteiger partial charge >= 0.3 is 6.03 Å². The van der Waals surface area contributed by atoms with Crippen LogP contribution in [0.1, 0.15) is 25.3 Å². The maximum atomic E-state index is 11.4. The number of nitrogens with zero attached hydrogens (tertiary/aromatic N) is 1. The third-order valence-corrected chi connectivity index (χ3v) is 3.42. The fraction of sp³-hybridized carbons (Fsp3) is 0.533. The number of amides is 2. The summed E-state index contributed by atoms with van der Waals surface area (Å²) in [5.41, 5.74) is 1.22. The summed E-state index contributed by atoms with van der Waals surface area (Å²) in [6, 6.07) is 5.96. The first-order valence-electron chi connectivity index (χ1n) is 7.27. The molecule has 124 valence electrons. The molecule has 2 amide bonds. The maximum Gasteiger partial charge on any atom is 0.317 e. The molecule has 0 atom stereocenters. The van der Waals surface area contributed by atoms with Crippen molar-refractivity contribution in [1.82, 2.24) is 10.2 Å². The van der Waals surface area contributed by atoms with Crippen LogP contribution >= 0.6 is 0 Å². The van der Waals surface area contributed by atoms with E-state index in [4.69, 9.17) is 14.7 Å². The van der Waals surface area contributed by atoms with Crippen molar-refractivity contribution >= 4 is 6.03 Å². The Labute approximate surface area is 131 Å². The van der Waals surface area contributed by atoms with Crippen LogP contribution in [0.3, 0.4) is 0 Å². The Hall–Kier alpha value is -1.99. The van der Waals surface area contributed by atoms with E-state index in [0.717, 1.165) is 18.0 Å². The van der Waals surface area contributed by atoms with Crippen LogP contribution < -0.4 is 20.7 Å². The van der Waals surface area contributed by atoms with Crippen molar-refractivity contribution in [3.8, 4) is 11.5 Å². The van der Waals surface area contributed by atoms with Crippen molar-refractivity contribution in [2.45, 2.75) is 19.8 Å². The Morgan fingerprint density at radius 2 is 2.09 bits per heavy atom. The fourth-order valence-electron chi connectivity index (χ4n) is 2.15. The highest BCUT2D eigenvalue weighted by Gasteiger charge is 2.19. The molecule has 7 heteroatoms. The van der Waals surface area contributed by atoms with Crippen LogP contribution in [0.2, 0.25) is 0 Å². The van der Waals surface area contributed by atoms with Gasteiger partial charge in [-0.25, -0.2) is 15.9 Å². The lowest BCUT2D eigenvalue weighted by atomic mass is 10.0. The molecule has 2 rings (SSSR count). The van der Waals surface area contributed by atoms with Gasteiger partial charge in [-0.1, -0.05) is 19.9 Å². The zero-order valence-corrected chi connectivity index (χ0v) is 13.5. The number of methoxy groups -OCH3 is 1. The minimum absolute atomic E-state index is 0.0179. The Kier molecular flexibility index (Phi) is 7.48. The second kappa shape index (κ2) is 9.11. The summed E-state index contributed by atoms with van der Waals surface area (Å²) in [5.74, 6) is 4.16. The van der Waals surface area contributed by atoms with Crippen LogP contribution in [-0.4, -0.2) is 49.5 Å². The molecule has 1 aromatic carbocycles. The minimum Gasteiger partial charge on any atom is -0.493 e. The minimum atomic E-state index is -0.0179. The average Bonchev–Trinajstić information content (AvgIpc) is 2.94. The summed E-state index contributed by atoms with van der Waals surface area (Å²) in [4.78, 5) is 13.1. The molecule has 0 aliphatic carbocycles. The third kappa shape index (κ3) is 4.78. The van der Waals surface area contributed by atoms with Crippen molar-refractivity contribution in [2.75, 3.05) is 33.4 Å². The lowest BCUT2D eigenvalue weighted by molar-refractivity contribution is -0.670. The van der Waals surface area contributed by atoms with E-state index in [1.807, 2.05) is 18.2 Å². The van der Waals surface area contributed by atoms with Gasteiger partial charge in [0.05, 0.1) is 13.7 Å². The summed E-state index contributed by atoms with van der Waals surface area (Å²) in [5, 5.41) is 9.52. The number of carbonyl (C=O) groups excluding carboxylic acids is 1. The molecule has 0 radical (unpaired) electrons. The molecule has 1 fully saturated rings. The van der Waals surface area contributed by atoms with E-state index in [1.165, 1.54) is 5.56 Å². The van der Waals surface area contributed by atoms with Crippen LogP contribution in [0.25, 0.3) is 0 Å². The normalized spacial score (nSPS) is 13.5. The SMILES string of the molecule is COc1cc(C(C)C)ccc1OCCN1CCNC1=O.[NH3+]O. The van der Waals surface area contributed by atoms with Crippen molar-refractivity contribution in [2.24, 2.45) is 0 Å². The summed E-state index contributed by atoms with van der Waals surface area (Å²) < 4.78 is 11.1. The van der Waals surface area contributed by atoms with Gasteiger partial charge in [-0.05, 0) is 23.6 Å². The van der Waals surface area contributed by atoms with Gasteiger partial charge in [0.15, 0.2) is 11.5 Å². The first kappa shape index (κ1) is 18.1. The fourth-order valence-corrected chi connectivity index (χ4v) is 2.15. The van der Waals surface area contributed by atoms with E-state index in [0.29, 0.717) is 25.6 Å². The molecule has 0 saturated carbocycles. The molecule has 1 aromatic rings. The highest BCUT2D eigenvalue weighted by atomic mass is 16.5. The molecule has 1 saturated heterocycles. The first-order chi connectivity index (χ1) is 10.6. The van der Waals surface area contributed by atoms with Gasteiger partial charge in [0, 0.05) is 13.1 Å². The number of hydrogen-bond donors (Lipinski definition) is 3. The number of hydrogen-bond acceptors (Lipinski definition) is 4. The number of carbonyl (C=O) groups is 1. The number of urea groups is 1. The highest BCUT2D eigenvalue weighted by molar-refractivity contribution is 5.76. The quantitative estimate of drug-likeness (QED) is 0.678. The summed E-state index contributed by atoms with van der Waals surface area (Å²) >= 11 is 0. The van der Waals surface area contributed by atoms with Crippen LogP contribution in [0, 0.1) is 0 Å². The Bertz CT molecular complexity index is 480. The predicted octanol–water partition coefficient (Wildman–Crippen LogP) is 0.840. The van der Waals surface area contributed by atoms with Crippen LogP contribution in [0.4, 0.5) is 4.79 Å². The number of benzene rings is 1. The van der Waals surface area contributed by atoms with Gasteiger partial charge in [-0.2, -0.15) is 0 Å². The van der Waals surface area contributed by atoms with Gasteiger partial charge in [-0.15, -0.1) is 0 Å². The molecule has 0 unspecified atom stereocenters. The van der Waals surface area contributed by atoms with Gasteiger partial charge in [-0.3, -0.25) is 0 Å². The third-order valence-electron chi connectivity index (χ3n) is 3.42. The van der Waals surface area contributed by atoms with Gasteiger partial charge in [0.2, 0.25) is 0 Å². The average molecular weight is 312 g/mol. The summed E-state index contributed by atoms with van der Waals surface area (Å²) in [6.07, 6.45) is 0. The van der Waals surface area contributed by atoms with E-state index in [-0.39, 0.29) is 6.03 Å². The monoisotopic (exact) mass is 312 g/mol. The van der Waals surface area contributed by atoms with E-state index < -0.39 is 0 Å². The first-order valence-corrected chi connectivity index (χ1v) is 7.27. The van der Waals surface area contributed by atoms with Crippen molar-refractivity contribution in [1.29, 1.82) is 0 Å². The molecule has 5 N–H and O–H groups in total. The Morgan fingerprint density at radius 1 is 1.36 bits per heavy atom. The van der Waals surface area contributed by atoms with Gasteiger partial charge in [0.1, 0.15) is 6.61 Å². The number of ether oxygens (including phenoxy) is 2. The molecule has 1 aliphatic rings. The zero-order chi connectivity index (χ0) is 16.5. The molecule has 0 spiro atoms. The summed E-state index contributed by atoms with van der Waals surface area (Å²) in [7, 11) is 1.64. The van der Waals surface area contributed by atoms with Gasteiger partial charge < -0.3 is 19.7 Å². The second-order valence-electron chi connectivity index (χ2n) is 5.13. The molecule has 0 bridgehead atoms. The summed E-state index contributed by atoms with van der Waals surface area (Å²) in [6.45, 7) is 6.78. The smallest absolute Gasteiger partial charge is 0.317 e. The van der Waals surface area contributed by atoms with Crippen molar-refractivity contribution in [3.63, 3.8) is 0 Å². The highest BCUT2D eigenvalue weighted by Crippen LogP contribution is 2.30. The van der Waals surface area contributed by atoms with E-state index in [1.54, 1.807) is 12.0 Å². The van der Waals surface area contributed by atoms with E-state index in [9.17, 15) is 4.79 Å². The van der Waals surface area contributed by atoms with Crippen LogP contribution in [-0.2, 0) is 0 Å². The number of rotatable bonds is 6. The Balaban J connectivity index is 0.00000116. The maximum absolute atomic E-state index is 11.4. The topological polar surface area (TPSA) is 98.7 Å². The van der Waals surface area contributed by atoms with E-state index in [2.05, 4.69) is 25.1 Å². The standard InChI is InChI=1S/C15H22N2O3.H4NO/c1-11(2)12-4-5-13(14(10-12)19-3)20-9-8-17-7-6-16-15(17)18;1-2/h4-5,10-11H,6-9H2,1-3H3,(H,16,18);2H,1H3/q;+1. The molecule has 1 heterocycles.